The van der Waals surface area contributed by atoms with Crippen LogP contribution >= 0.6 is 27.7 Å². The third-order valence-electron chi connectivity index (χ3n) is 3.82. The minimum absolute atomic E-state index is 0.0506. The zero-order chi connectivity index (χ0) is 17.2. The van der Waals surface area contributed by atoms with Crippen molar-refractivity contribution in [2.24, 2.45) is 0 Å². The van der Waals surface area contributed by atoms with Crippen molar-refractivity contribution in [3.05, 3.63) is 64.8 Å². The number of nitrogens with zero attached hydrogens (tertiary/aromatic N) is 2. The molecule has 0 radical (unpaired) electrons. The first-order valence-corrected chi connectivity index (χ1v) is 9.39. The Morgan fingerprint density at radius 3 is 2.80 bits per heavy atom. The first-order valence-electron chi connectivity index (χ1n) is 7.62. The van der Waals surface area contributed by atoms with Gasteiger partial charge in [0.2, 0.25) is 5.16 Å². The molecule has 2 aromatic carbocycles. The number of nitrogens with one attached hydrogen (secondary N) is 2. The van der Waals surface area contributed by atoms with Crippen LogP contribution in [0.25, 0.3) is 22.3 Å². The van der Waals surface area contributed by atoms with Crippen molar-refractivity contribution >= 4 is 44.4 Å². The van der Waals surface area contributed by atoms with E-state index >= 15 is 0 Å². The predicted octanol–water partition coefficient (Wildman–Crippen LogP) is 4.69. The average Bonchev–Trinajstić information content (AvgIpc) is 3.27. The van der Waals surface area contributed by atoms with Crippen LogP contribution in [0.15, 0.2) is 64.4 Å². The number of para-hydroxylation sites is 1. The Morgan fingerprint density at radius 1 is 1.12 bits per heavy atom. The van der Waals surface area contributed by atoms with Crippen LogP contribution in [0.5, 0.6) is 0 Å². The Hall–Kier alpha value is -2.38. The van der Waals surface area contributed by atoms with Gasteiger partial charge in [-0.3, -0.25) is 9.89 Å². The molecule has 2 heterocycles. The molecule has 0 fully saturated rings. The van der Waals surface area contributed by atoms with Crippen LogP contribution in [0.4, 0.5) is 0 Å². The number of aromatic amines is 2. The fourth-order valence-electron chi connectivity index (χ4n) is 2.59. The number of hydrogen-bond donors (Lipinski definition) is 2. The van der Waals surface area contributed by atoms with Crippen molar-refractivity contribution in [3.8, 4) is 11.4 Å². The lowest BCUT2D eigenvalue weighted by Gasteiger charge is -1.98. The molecule has 25 heavy (non-hydrogen) atoms. The van der Waals surface area contributed by atoms with Crippen LogP contribution in [-0.4, -0.2) is 31.7 Å². The molecule has 0 aliphatic rings. The number of H-pyrrole nitrogens is 2. The largest absolute Gasteiger partial charge is 0.360 e. The van der Waals surface area contributed by atoms with E-state index in [0.29, 0.717) is 16.5 Å². The minimum Gasteiger partial charge on any atom is -0.360 e. The number of halogens is 1. The van der Waals surface area contributed by atoms with Gasteiger partial charge in [0.15, 0.2) is 11.6 Å². The molecule has 0 aliphatic carbocycles. The summed E-state index contributed by atoms with van der Waals surface area (Å²) in [5, 5.41) is 8.61. The maximum Gasteiger partial charge on any atom is 0.209 e. The van der Waals surface area contributed by atoms with Crippen LogP contribution in [0, 0.1) is 0 Å². The lowest BCUT2D eigenvalue weighted by atomic mass is 10.1. The highest BCUT2D eigenvalue weighted by Crippen LogP contribution is 2.27. The van der Waals surface area contributed by atoms with Gasteiger partial charge in [0.1, 0.15) is 0 Å². The van der Waals surface area contributed by atoms with E-state index in [1.54, 1.807) is 6.20 Å². The van der Waals surface area contributed by atoms with E-state index in [1.807, 2.05) is 48.5 Å². The summed E-state index contributed by atoms with van der Waals surface area (Å²) in [6.07, 6.45) is 1.76. The number of rotatable bonds is 5. The number of ketones is 1. The number of thioether (sulfide) groups is 1. The highest BCUT2D eigenvalue weighted by molar-refractivity contribution is 9.10. The van der Waals surface area contributed by atoms with Gasteiger partial charge in [-0.2, -0.15) is 0 Å². The predicted molar refractivity (Wildman–Crippen MR) is 103 cm³/mol. The number of aromatic nitrogens is 4. The van der Waals surface area contributed by atoms with Gasteiger partial charge < -0.3 is 4.98 Å². The van der Waals surface area contributed by atoms with Gasteiger partial charge >= 0.3 is 0 Å². The molecule has 0 atom stereocenters. The van der Waals surface area contributed by atoms with E-state index in [9.17, 15) is 4.79 Å². The molecule has 4 rings (SSSR count). The Balaban J connectivity index is 1.49. The summed E-state index contributed by atoms with van der Waals surface area (Å²) < 4.78 is 0.942. The third-order valence-corrected chi connectivity index (χ3v) is 5.35. The summed E-state index contributed by atoms with van der Waals surface area (Å²) in [4.78, 5) is 20.1. The quantitative estimate of drug-likeness (QED) is 0.368. The van der Waals surface area contributed by atoms with Crippen molar-refractivity contribution in [1.82, 2.24) is 20.2 Å². The van der Waals surface area contributed by atoms with E-state index in [0.717, 1.165) is 20.9 Å². The molecule has 2 aromatic heterocycles. The molecular formula is C18H13BrN4OS. The molecule has 5 nitrogen and oxygen atoms in total. The van der Waals surface area contributed by atoms with Gasteiger partial charge in [0.25, 0.3) is 0 Å². The zero-order valence-electron chi connectivity index (χ0n) is 13.0. The summed E-state index contributed by atoms with van der Waals surface area (Å²) in [6, 6.07) is 15.6. The number of carbonyl (C=O) groups excluding carboxylic acids is 1. The van der Waals surface area contributed by atoms with Crippen LogP contribution in [0.3, 0.4) is 0 Å². The molecule has 0 saturated carbocycles. The normalized spacial score (nSPS) is 11.1. The smallest absolute Gasteiger partial charge is 0.209 e. The second-order valence-electron chi connectivity index (χ2n) is 5.41. The van der Waals surface area contributed by atoms with Crippen molar-refractivity contribution < 1.29 is 4.79 Å². The fraction of sp³-hybridized carbons (Fsp3) is 0.0556. The molecule has 0 aliphatic heterocycles. The molecule has 0 bridgehead atoms. The van der Waals surface area contributed by atoms with Crippen LogP contribution in [-0.2, 0) is 0 Å². The van der Waals surface area contributed by atoms with Gasteiger partial charge in [-0.05, 0) is 12.1 Å². The van der Waals surface area contributed by atoms with E-state index in [-0.39, 0.29) is 11.5 Å². The zero-order valence-corrected chi connectivity index (χ0v) is 15.4. The molecule has 0 unspecified atom stereocenters. The summed E-state index contributed by atoms with van der Waals surface area (Å²) in [5.41, 5.74) is 2.60. The van der Waals surface area contributed by atoms with Crippen LogP contribution in [0.2, 0.25) is 0 Å². The fourth-order valence-corrected chi connectivity index (χ4v) is 3.75. The number of hydrogen-bond acceptors (Lipinski definition) is 4. The molecule has 7 heteroatoms. The van der Waals surface area contributed by atoms with Crippen LogP contribution in [0.1, 0.15) is 10.4 Å². The molecule has 0 spiro atoms. The Bertz CT molecular complexity index is 1060. The molecule has 124 valence electrons. The lowest BCUT2D eigenvalue weighted by Crippen LogP contribution is -2.01. The van der Waals surface area contributed by atoms with E-state index in [2.05, 4.69) is 36.1 Å². The number of benzene rings is 2. The third kappa shape index (κ3) is 3.25. The Morgan fingerprint density at radius 2 is 1.92 bits per heavy atom. The van der Waals surface area contributed by atoms with Gasteiger partial charge in [-0.1, -0.05) is 64.1 Å². The highest BCUT2D eigenvalue weighted by Gasteiger charge is 2.14. The first-order chi connectivity index (χ1) is 12.2. The first kappa shape index (κ1) is 16.1. The second-order valence-corrected chi connectivity index (χ2v) is 7.20. The maximum absolute atomic E-state index is 12.5. The van der Waals surface area contributed by atoms with E-state index in [1.165, 1.54) is 11.8 Å². The number of fused-ring (bicyclic) bond motifs is 1. The molecule has 0 amide bonds. The monoisotopic (exact) mass is 412 g/mol. The molecule has 0 saturated heterocycles. The van der Waals surface area contributed by atoms with E-state index < -0.39 is 0 Å². The summed E-state index contributed by atoms with van der Waals surface area (Å²) in [7, 11) is 0. The molecular weight excluding hydrogens is 400 g/mol. The summed E-state index contributed by atoms with van der Waals surface area (Å²) in [6.45, 7) is 0. The van der Waals surface area contributed by atoms with Gasteiger partial charge in [0, 0.05) is 32.7 Å². The minimum atomic E-state index is 0.0506. The Labute approximate surface area is 156 Å². The van der Waals surface area contributed by atoms with Crippen molar-refractivity contribution in [2.75, 3.05) is 5.75 Å². The van der Waals surface area contributed by atoms with Crippen molar-refractivity contribution in [1.29, 1.82) is 0 Å². The Kier molecular flexibility index (Phi) is 4.42. The standard InChI is InChI=1S/C18H13BrN4OS/c19-14-7-3-1-6-12(14)17-21-18(23-22-17)25-10-16(24)13-9-20-15-8-4-2-5-11(13)15/h1-9,20H,10H2,(H,21,22,23). The van der Waals surface area contributed by atoms with Gasteiger partial charge in [-0.15, -0.1) is 5.10 Å². The van der Waals surface area contributed by atoms with Crippen molar-refractivity contribution in [3.63, 3.8) is 0 Å². The highest BCUT2D eigenvalue weighted by atomic mass is 79.9. The van der Waals surface area contributed by atoms with E-state index in [4.69, 9.17) is 0 Å². The molecule has 2 N–H and O–H groups in total. The second kappa shape index (κ2) is 6.85. The molecule has 4 aromatic rings. The number of Topliss-reactive ketones (excluding diaryl/α,β-unsaturated/α-hetero) is 1. The van der Waals surface area contributed by atoms with Gasteiger partial charge in [0.05, 0.1) is 5.75 Å². The number of carbonyl (C=O) groups is 1. The lowest BCUT2D eigenvalue weighted by molar-refractivity contribution is 0.102. The van der Waals surface area contributed by atoms with Crippen molar-refractivity contribution in [2.45, 2.75) is 5.16 Å². The SMILES string of the molecule is O=C(CSc1n[nH]c(-c2ccccc2Br)n1)c1c[nH]c2ccccc12. The average molecular weight is 413 g/mol. The summed E-state index contributed by atoms with van der Waals surface area (Å²) >= 11 is 4.83. The van der Waals surface area contributed by atoms with Gasteiger partial charge in [-0.25, -0.2) is 4.98 Å². The topological polar surface area (TPSA) is 74.4 Å². The maximum atomic E-state index is 12.5. The summed E-state index contributed by atoms with van der Waals surface area (Å²) in [5.74, 6) is 1.01. The van der Waals surface area contributed by atoms with Crippen LogP contribution < -0.4 is 0 Å².